The van der Waals surface area contributed by atoms with Crippen molar-refractivity contribution in [2.75, 3.05) is 24.3 Å². The number of nitrogens with zero attached hydrogens (tertiary/aromatic N) is 2. The first-order valence-corrected chi connectivity index (χ1v) is 7.22. The van der Waals surface area contributed by atoms with E-state index in [0.717, 1.165) is 13.0 Å². The number of benzene rings is 1. The third-order valence-corrected chi connectivity index (χ3v) is 3.09. The first-order chi connectivity index (χ1) is 10.6. The highest BCUT2D eigenvalue weighted by atomic mass is 35.5. The Labute approximate surface area is 133 Å². The van der Waals surface area contributed by atoms with E-state index in [2.05, 4.69) is 27.5 Å². The third-order valence-electron chi connectivity index (χ3n) is 2.85. The minimum absolute atomic E-state index is 0.212. The number of aromatic nitrogens is 2. The number of nitrogens with one attached hydrogen (secondary N) is 2. The maximum atomic E-state index is 12.2. The average molecular weight is 321 g/mol. The lowest BCUT2D eigenvalue weighted by Gasteiger charge is -2.10. The van der Waals surface area contributed by atoms with Crippen LogP contribution in [0.2, 0.25) is 5.02 Å². The van der Waals surface area contributed by atoms with Gasteiger partial charge in [-0.25, -0.2) is 9.97 Å². The molecule has 2 aromatic rings. The van der Waals surface area contributed by atoms with Crippen molar-refractivity contribution in [2.24, 2.45) is 0 Å². The lowest BCUT2D eigenvalue weighted by atomic mass is 10.2. The molecule has 1 aromatic carbocycles. The average Bonchev–Trinajstić information content (AvgIpc) is 2.53. The Hall–Kier alpha value is -2.34. The van der Waals surface area contributed by atoms with Crippen LogP contribution in [0.4, 0.5) is 11.5 Å². The van der Waals surface area contributed by atoms with E-state index in [1.165, 1.54) is 19.5 Å². The van der Waals surface area contributed by atoms with Gasteiger partial charge in [-0.15, -0.1) is 0 Å². The van der Waals surface area contributed by atoms with Gasteiger partial charge in [-0.3, -0.25) is 4.79 Å². The molecule has 0 unspecified atom stereocenters. The van der Waals surface area contributed by atoms with Crippen molar-refractivity contribution in [1.82, 2.24) is 9.97 Å². The van der Waals surface area contributed by atoms with Gasteiger partial charge in [0, 0.05) is 11.6 Å². The van der Waals surface area contributed by atoms with E-state index in [9.17, 15) is 4.79 Å². The smallest absolute Gasteiger partial charge is 0.275 e. The quantitative estimate of drug-likeness (QED) is 0.854. The fourth-order valence-electron chi connectivity index (χ4n) is 1.75. The number of anilines is 2. The Bertz CT molecular complexity index is 646. The number of ether oxygens (including phenoxy) is 1. The predicted octanol–water partition coefficient (Wildman–Crippen LogP) is 3.21. The molecule has 0 radical (unpaired) electrons. The van der Waals surface area contributed by atoms with Crippen LogP contribution in [0.5, 0.6) is 5.75 Å². The standard InChI is InChI=1S/C15H17ClN4O2/c1-3-6-17-14-9-18-12(8-19-14)15(21)20-11-7-10(16)4-5-13(11)22-2/h4-5,7-9H,3,6H2,1-2H3,(H,17,19)(H,20,21). The van der Waals surface area contributed by atoms with Gasteiger partial charge in [0.25, 0.3) is 5.91 Å². The molecule has 1 amide bonds. The molecular weight excluding hydrogens is 304 g/mol. The van der Waals surface area contributed by atoms with Crippen molar-refractivity contribution in [3.63, 3.8) is 0 Å². The molecule has 0 saturated carbocycles. The Kier molecular flexibility index (Phi) is 5.55. The number of amides is 1. The van der Waals surface area contributed by atoms with Gasteiger partial charge in [0.15, 0.2) is 0 Å². The Balaban J connectivity index is 2.10. The highest BCUT2D eigenvalue weighted by Crippen LogP contribution is 2.27. The number of rotatable bonds is 6. The molecule has 2 rings (SSSR count). The zero-order valence-corrected chi connectivity index (χ0v) is 13.1. The van der Waals surface area contributed by atoms with E-state index in [4.69, 9.17) is 16.3 Å². The van der Waals surface area contributed by atoms with Gasteiger partial charge < -0.3 is 15.4 Å². The zero-order chi connectivity index (χ0) is 15.9. The van der Waals surface area contributed by atoms with Crippen LogP contribution in [0.3, 0.4) is 0 Å². The molecular formula is C15H17ClN4O2. The SMILES string of the molecule is CCCNc1cnc(C(=O)Nc2cc(Cl)ccc2OC)cn1. The molecule has 1 heterocycles. The Morgan fingerprint density at radius 3 is 2.77 bits per heavy atom. The lowest BCUT2D eigenvalue weighted by Crippen LogP contribution is -2.15. The highest BCUT2D eigenvalue weighted by molar-refractivity contribution is 6.31. The summed E-state index contributed by atoms with van der Waals surface area (Å²) < 4.78 is 5.18. The minimum Gasteiger partial charge on any atom is -0.495 e. The number of hydrogen-bond acceptors (Lipinski definition) is 5. The highest BCUT2D eigenvalue weighted by Gasteiger charge is 2.12. The van der Waals surface area contributed by atoms with Gasteiger partial charge in [-0.2, -0.15) is 0 Å². The maximum Gasteiger partial charge on any atom is 0.275 e. The first-order valence-electron chi connectivity index (χ1n) is 6.85. The number of hydrogen-bond donors (Lipinski definition) is 2. The summed E-state index contributed by atoms with van der Waals surface area (Å²) in [6.07, 6.45) is 3.93. The summed E-state index contributed by atoms with van der Waals surface area (Å²) in [5, 5.41) is 6.30. The Morgan fingerprint density at radius 2 is 2.14 bits per heavy atom. The summed E-state index contributed by atoms with van der Waals surface area (Å²) in [4.78, 5) is 20.4. The summed E-state index contributed by atoms with van der Waals surface area (Å²) in [5.74, 6) is 0.779. The molecule has 6 nitrogen and oxygen atoms in total. The van der Waals surface area contributed by atoms with Crippen molar-refractivity contribution in [3.8, 4) is 5.75 Å². The van der Waals surface area contributed by atoms with Crippen molar-refractivity contribution >= 4 is 29.0 Å². The molecule has 0 atom stereocenters. The van der Waals surface area contributed by atoms with Crippen molar-refractivity contribution in [2.45, 2.75) is 13.3 Å². The van der Waals surface area contributed by atoms with Crippen LogP contribution >= 0.6 is 11.6 Å². The second kappa shape index (κ2) is 7.61. The largest absolute Gasteiger partial charge is 0.495 e. The fraction of sp³-hybridized carbons (Fsp3) is 0.267. The molecule has 0 saturated heterocycles. The molecule has 0 fully saturated rings. The molecule has 0 aliphatic heterocycles. The molecule has 0 bridgehead atoms. The summed E-state index contributed by atoms with van der Waals surface area (Å²) >= 11 is 5.93. The molecule has 0 spiro atoms. The molecule has 0 aliphatic carbocycles. The molecule has 22 heavy (non-hydrogen) atoms. The van der Waals surface area contributed by atoms with E-state index in [1.54, 1.807) is 18.2 Å². The molecule has 7 heteroatoms. The van der Waals surface area contributed by atoms with Crippen LogP contribution < -0.4 is 15.4 Å². The van der Waals surface area contributed by atoms with Crippen LogP contribution in [0.25, 0.3) is 0 Å². The van der Waals surface area contributed by atoms with E-state index < -0.39 is 0 Å². The number of methoxy groups -OCH3 is 1. The lowest BCUT2D eigenvalue weighted by molar-refractivity contribution is 0.102. The van der Waals surface area contributed by atoms with E-state index in [-0.39, 0.29) is 11.6 Å². The van der Waals surface area contributed by atoms with E-state index in [1.807, 2.05) is 0 Å². The number of carbonyl (C=O) groups is 1. The summed E-state index contributed by atoms with van der Waals surface area (Å²) in [6.45, 7) is 2.86. The van der Waals surface area contributed by atoms with Crippen LogP contribution in [0.1, 0.15) is 23.8 Å². The van der Waals surface area contributed by atoms with Crippen LogP contribution in [-0.2, 0) is 0 Å². The van der Waals surface area contributed by atoms with Crippen molar-refractivity contribution in [1.29, 1.82) is 0 Å². The van der Waals surface area contributed by atoms with Gasteiger partial charge in [-0.1, -0.05) is 18.5 Å². The third kappa shape index (κ3) is 4.08. The zero-order valence-electron chi connectivity index (χ0n) is 12.4. The topological polar surface area (TPSA) is 76.1 Å². The van der Waals surface area contributed by atoms with Crippen molar-refractivity contribution in [3.05, 3.63) is 41.3 Å². The number of carbonyl (C=O) groups excluding carboxylic acids is 1. The Morgan fingerprint density at radius 1 is 1.32 bits per heavy atom. The van der Waals surface area contributed by atoms with Gasteiger partial charge in [-0.05, 0) is 24.6 Å². The second-order valence-corrected chi connectivity index (χ2v) is 4.95. The van der Waals surface area contributed by atoms with Gasteiger partial charge in [0.2, 0.25) is 0 Å². The van der Waals surface area contributed by atoms with E-state index >= 15 is 0 Å². The molecule has 2 N–H and O–H groups in total. The molecule has 116 valence electrons. The van der Waals surface area contributed by atoms with Gasteiger partial charge in [0.05, 0.1) is 25.2 Å². The summed E-state index contributed by atoms with van der Waals surface area (Å²) in [7, 11) is 1.52. The predicted molar refractivity (Wildman–Crippen MR) is 86.8 cm³/mol. The van der Waals surface area contributed by atoms with Gasteiger partial charge in [0.1, 0.15) is 17.3 Å². The first kappa shape index (κ1) is 16.0. The van der Waals surface area contributed by atoms with Crippen LogP contribution in [-0.4, -0.2) is 29.5 Å². The second-order valence-electron chi connectivity index (χ2n) is 4.51. The van der Waals surface area contributed by atoms with Gasteiger partial charge >= 0.3 is 0 Å². The molecule has 1 aromatic heterocycles. The number of halogens is 1. The molecule has 0 aliphatic rings. The van der Waals surface area contributed by atoms with Crippen LogP contribution in [0.15, 0.2) is 30.6 Å². The summed E-state index contributed by atoms with van der Waals surface area (Å²) in [6, 6.07) is 4.98. The fourth-order valence-corrected chi connectivity index (χ4v) is 1.93. The maximum absolute atomic E-state index is 12.2. The van der Waals surface area contributed by atoms with Crippen LogP contribution in [0, 0.1) is 0 Å². The van der Waals surface area contributed by atoms with E-state index in [0.29, 0.717) is 22.3 Å². The summed E-state index contributed by atoms with van der Waals surface area (Å²) in [5.41, 5.74) is 0.694. The monoisotopic (exact) mass is 320 g/mol. The van der Waals surface area contributed by atoms with Crippen molar-refractivity contribution < 1.29 is 9.53 Å². The minimum atomic E-state index is -0.380. The normalized spacial score (nSPS) is 10.1.